The Hall–Kier alpha value is -1.56. The van der Waals surface area contributed by atoms with Crippen LogP contribution in [-0.2, 0) is 0 Å². The topological polar surface area (TPSA) is 35.8 Å². The van der Waals surface area contributed by atoms with Crippen LogP contribution >= 0.6 is 0 Å². The van der Waals surface area contributed by atoms with Gasteiger partial charge in [0.15, 0.2) is 0 Å². The van der Waals surface area contributed by atoms with Crippen molar-refractivity contribution >= 4 is 5.69 Å². The largest absolute Gasteiger partial charge is 0.384 e. The summed E-state index contributed by atoms with van der Waals surface area (Å²) in [7, 11) is 0. The minimum absolute atomic E-state index is 0.106. The Morgan fingerprint density at radius 3 is 2.87 bits per heavy atom. The van der Waals surface area contributed by atoms with Crippen molar-refractivity contribution in [2.45, 2.75) is 26.2 Å². The fraction of sp³-hybridized carbons (Fsp3) is 0.417. The highest BCUT2D eigenvalue weighted by Gasteiger charge is 2.06. The van der Waals surface area contributed by atoms with Gasteiger partial charge >= 0.3 is 0 Å². The molecule has 0 heterocycles. The molecule has 0 radical (unpaired) electrons. The Morgan fingerprint density at radius 1 is 1.40 bits per heavy atom. The Bertz CT molecular complexity index is 355. The highest BCUT2D eigenvalue weighted by molar-refractivity contribution is 5.57. The van der Waals surface area contributed by atoms with E-state index in [2.05, 4.69) is 12.2 Å². The zero-order valence-electron chi connectivity index (χ0n) is 8.89. The van der Waals surface area contributed by atoms with Crippen molar-refractivity contribution in [3.8, 4) is 6.07 Å². The number of nitrogens with one attached hydrogen (secondary N) is 1. The van der Waals surface area contributed by atoms with Crippen LogP contribution in [0.25, 0.3) is 0 Å². The van der Waals surface area contributed by atoms with Gasteiger partial charge in [0.1, 0.15) is 17.4 Å². The molecule has 3 heteroatoms. The normalized spacial score (nSPS) is 9.67. The molecule has 0 amide bonds. The Morgan fingerprint density at radius 2 is 2.20 bits per heavy atom. The average Bonchev–Trinajstić information content (AvgIpc) is 2.24. The van der Waals surface area contributed by atoms with Crippen molar-refractivity contribution in [3.05, 3.63) is 29.6 Å². The molecule has 0 saturated carbocycles. The number of nitrogens with zero attached hydrogens (tertiary/aromatic N) is 1. The maximum absolute atomic E-state index is 13.2. The average molecular weight is 206 g/mol. The van der Waals surface area contributed by atoms with E-state index in [0.29, 0.717) is 5.69 Å². The molecule has 0 aliphatic heterocycles. The van der Waals surface area contributed by atoms with E-state index in [9.17, 15) is 4.39 Å². The number of hydrogen-bond acceptors (Lipinski definition) is 2. The smallest absolute Gasteiger partial charge is 0.143 e. The van der Waals surface area contributed by atoms with E-state index in [1.807, 2.05) is 6.07 Å². The molecule has 1 rings (SSSR count). The van der Waals surface area contributed by atoms with Gasteiger partial charge in [-0.15, -0.1) is 0 Å². The van der Waals surface area contributed by atoms with Crippen LogP contribution in [-0.4, -0.2) is 6.54 Å². The second kappa shape index (κ2) is 6.02. The summed E-state index contributed by atoms with van der Waals surface area (Å²) < 4.78 is 13.2. The summed E-state index contributed by atoms with van der Waals surface area (Å²) in [6, 6.07) is 6.51. The molecule has 15 heavy (non-hydrogen) atoms. The van der Waals surface area contributed by atoms with E-state index in [0.717, 1.165) is 25.8 Å². The van der Waals surface area contributed by atoms with Crippen LogP contribution in [0.5, 0.6) is 0 Å². The molecule has 0 unspecified atom stereocenters. The lowest BCUT2D eigenvalue weighted by Crippen LogP contribution is -2.04. The number of anilines is 1. The lowest BCUT2D eigenvalue weighted by atomic mass is 10.1. The second-order valence-electron chi connectivity index (χ2n) is 3.41. The van der Waals surface area contributed by atoms with Gasteiger partial charge in [0.2, 0.25) is 0 Å². The van der Waals surface area contributed by atoms with Gasteiger partial charge in [-0.3, -0.25) is 0 Å². The third kappa shape index (κ3) is 3.25. The number of benzene rings is 1. The summed E-state index contributed by atoms with van der Waals surface area (Å²) in [6.45, 7) is 2.91. The SMILES string of the molecule is CCCCCNc1cccc(F)c1C#N. The fourth-order valence-electron chi connectivity index (χ4n) is 1.38. The van der Waals surface area contributed by atoms with Gasteiger partial charge in [0.05, 0.1) is 5.69 Å². The Balaban J connectivity index is 2.61. The molecule has 1 aromatic carbocycles. The summed E-state index contributed by atoms with van der Waals surface area (Å²) in [5.74, 6) is -0.460. The number of hydrogen-bond donors (Lipinski definition) is 1. The lowest BCUT2D eigenvalue weighted by molar-refractivity contribution is 0.624. The van der Waals surface area contributed by atoms with Crippen molar-refractivity contribution < 1.29 is 4.39 Å². The number of nitriles is 1. The highest BCUT2D eigenvalue weighted by atomic mass is 19.1. The number of unbranched alkanes of at least 4 members (excludes halogenated alkanes) is 2. The molecule has 80 valence electrons. The summed E-state index contributed by atoms with van der Waals surface area (Å²) in [4.78, 5) is 0. The molecular formula is C12H15FN2. The molecule has 0 fully saturated rings. The molecule has 0 aliphatic carbocycles. The predicted octanol–water partition coefficient (Wildman–Crippen LogP) is 3.30. The molecule has 1 N–H and O–H groups in total. The van der Waals surface area contributed by atoms with Crippen LogP contribution in [0.2, 0.25) is 0 Å². The van der Waals surface area contributed by atoms with E-state index in [1.165, 1.54) is 6.07 Å². The van der Waals surface area contributed by atoms with E-state index < -0.39 is 5.82 Å². The van der Waals surface area contributed by atoms with Crippen molar-refractivity contribution in [2.24, 2.45) is 0 Å². The first-order valence-electron chi connectivity index (χ1n) is 5.22. The minimum atomic E-state index is -0.460. The first-order chi connectivity index (χ1) is 7.29. The van der Waals surface area contributed by atoms with Gasteiger partial charge in [0.25, 0.3) is 0 Å². The minimum Gasteiger partial charge on any atom is -0.384 e. The molecular weight excluding hydrogens is 191 g/mol. The second-order valence-corrected chi connectivity index (χ2v) is 3.41. The number of rotatable bonds is 5. The van der Waals surface area contributed by atoms with Gasteiger partial charge in [-0.05, 0) is 18.6 Å². The van der Waals surface area contributed by atoms with Crippen LogP contribution in [0.3, 0.4) is 0 Å². The number of halogens is 1. The van der Waals surface area contributed by atoms with E-state index in [-0.39, 0.29) is 5.56 Å². The fourth-order valence-corrected chi connectivity index (χ4v) is 1.38. The zero-order chi connectivity index (χ0) is 11.1. The highest BCUT2D eigenvalue weighted by Crippen LogP contribution is 2.17. The molecule has 0 atom stereocenters. The third-order valence-corrected chi connectivity index (χ3v) is 2.22. The van der Waals surface area contributed by atoms with Gasteiger partial charge in [-0.25, -0.2) is 4.39 Å². The van der Waals surface area contributed by atoms with E-state index >= 15 is 0 Å². The van der Waals surface area contributed by atoms with E-state index in [1.54, 1.807) is 12.1 Å². The van der Waals surface area contributed by atoms with Crippen molar-refractivity contribution in [2.75, 3.05) is 11.9 Å². The quantitative estimate of drug-likeness (QED) is 0.750. The van der Waals surface area contributed by atoms with Gasteiger partial charge < -0.3 is 5.32 Å². The summed E-state index contributed by atoms with van der Waals surface area (Å²) in [5, 5.41) is 11.8. The molecule has 2 nitrogen and oxygen atoms in total. The van der Waals surface area contributed by atoms with Gasteiger partial charge in [-0.1, -0.05) is 25.8 Å². The van der Waals surface area contributed by atoms with Crippen LogP contribution in [0.15, 0.2) is 18.2 Å². The molecule has 0 spiro atoms. The van der Waals surface area contributed by atoms with Crippen molar-refractivity contribution in [3.63, 3.8) is 0 Å². The van der Waals surface area contributed by atoms with E-state index in [4.69, 9.17) is 5.26 Å². The predicted molar refractivity (Wildman–Crippen MR) is 59.1 cm³/mol. The molecule has 0 bridgehead atoms. The molecule has 0 aromatic heterocycles. The maximum Gasteiger partial charge on any atom is 0.143 e. The zero-order valence-corrected chi connectivity index (χ0v) is 8.89. The molecule has 1 aromatic rings. The first kappa shape index (κ1) is 11.5. The van der Waals surface area contributed by atoms with Crippen LogP contribution in [0, 0.1) is 17.1 Å². The molecule has 0 aliphatic rings. The lowest BCUT2D eigenvalue weighted by Gasteiger charge is -2.07. The van der Waals surface area contributed by atoms with Crippen molar-refractivity contribution in [1.29, 1.82) is 5.26 Å². The van der Waals surface area contributed by atoms with Crippen LogP contribution in [0.4, 0.5) is 10.1 Å². The van der Waals surface area contributed by atoms with Gasteiger partial charge in [0, 0.05) is 6.54 Å². The summed E-state index contributed by atoms with van der Waals surface area (Å²) in [5.41, 5.74) is 0.697. The third-order valence-electron chi connectivity index (χ3n) is 2.22. The van der Waals surface area contributed by atoms with Gasteiger partial charge in [-0.2, -0.15) is 5.26 Å². The summed E-state index contributed by atoms with van der Waals surface area (Å²) >= 11 is 0. The molecule has 0 saturated heterocycles. The Labute approximate surface area is 89.7 Å². The first-order valence-corrected chi connectivity index (χ1v) is 5.22. The maximum atomic E-state index is 13.2. The van der Waals surface area contributed by atoms with Crippen LogP contribution < -0.4 is 5.32 Å². The standard InChI is InChI=1S/C12H15FN2/c1-2-3-4-8-15-12-7-5-6-11(13)10(12)9-14/h5-7,15H,2-4,8H2,1H3. The monoisotopic (exact) mass is 206 g/mol. The summed E-state index contributed by atoms with van der Waals surface area (Å²) in [6.07, 6.45) is 3.33. The van der Waals surface area contributed by atoms with Crippen LogP contribution in [0.1, 0.15) is 31.7 Å². The van der Waals surface area contributed by atoms with Crippen molar-refractivity contribution in [1.82, 2.24) is 0 Å². The Kier molecular flexibility index (Phi) is 4.62.